The van der Waals surface area contributed by atoms with Crippen molar-refractivity contribution < 1.29 is 0 Å². The maximum atomic E-state index is 12.1. The van der Waals surface area contributed by atoms with Gasteiger partial charge >= 0.3 is 0 Å². The van der Waals surface area contributed by atoms with Gasteiger partial charge in [0.05, 0.1) is 5.69 Å². The molecular formula is C11H14BrN3O. The average Bonchev–Trinajstić information content (AvgIpc) is 2.29. The van der Waals surface area contributed by atoms with E-state index in [1.165, 1.54) is 6.42 Å². The van der Waals surface area contributed by atoms with E-state index in [0.29, 0.717) is 22.0 Å². The van der Waals surface area contributed by atoms with Crippen molar-refractivity contribution in [3.05, 3.63) is 26.6 Å². The molecule has 86 valence electrons. The van der Waals surface area contributed by atoms with Crippen molar-refractivity contribution in [2.45, 2.75) is 18.9 Å². The molecule has 2 aliphatic heterocycles. The van der Waals surface area contributed by atoms with Crippen LogP contribution in [0.5, 0.6) is 0 Å². The van der Waals surface area contributed by atoms with E-state index in [-0.39, 0.29) is 5.56 Å². The van der Waals surface area contributed by atoms with Crippen LogP contribution in [-0.4, -0.2) is 17.7 Å². The van der Waals surface area contributed by atoms with Crippen LogP contribution in [0.1, 0.15) is 18.0 Å². The van der Waals surface area contributed by atoms with E-state index in [1.807, 2.05) is 10.6 Å². The number of nitrogens with two attached hydrogens (primary N) is 1. The molecule has 2 atom stereocenters. The Bertz CT molecular complexity index is 497. The van der Waals surface area contributed by atoms with Gasteiger partial charge in [0, 0.05) is 24.7 Å². The minimum Gasteiger partial charge on any atom is -0.398 e. The van der Waals surface area contributed by atoms with Crippen LogP contribution in [0.2, 0.25) is 0 Å². The highest BCUT2D eigenvalue weighted by atomic mass is 79.9. The number of rotatable bonds is 0. The number of nitrogens with zero attached hydrogens (tertiary/aromatic N) is 1. The third kappa shape index (κ3) is 1.42. The monoisotopic (exact) mass is 283 g/mol. The lowest BCUT2D eigenvalue weighted by molar-refractivity contribution is 0.257. The third-order valence-corrected chi connectivity index (χ3v) is 4.40. The van der Waals surface area contributed by atoms with Crippen molar-refractivity contribution in [2.75, 3.05) is 18.8 Å². The van der Waals surface area contributed by atoms with Crippen molar-refractivity contribution in [1.29, 1.82) is 0 Å². The Morgan fingerprint density at radius 1 is 1.50 bits per heavy atom. The third-order valence-electron chi connectivity index (χ3n) is 3.60. The lowest BCUT2D eigenvalue weighted by Gasteiger charge is -2.37. The number of anilines is 1. The van der Waals surface area contributed by atoms with Gasteiger partial charge in [0.25, 0.3) is 5.56 Å². The zero-order chi connectivity index (χ0) is 11.3. The largest absolute Gasteiger partial charge is 0.398 e. The van der Waals surface area contributed by atoms with Gasteiger partial charge in [-0.05, 0) is 40.9 Å². The van der Waals surface area contributed by atoms with Crippen LogP contribution in [0, 0.1) is 5.92 Å². The molecule has 3 N–H and O–H groups in total. The number of nitrogen functional groups attached to an aromatic ring is 1. The van der Waals surface area contributed by atoms with Gasteiger partial charge in [-0.15, -0.1) is 0 Å². The molecule has 0 aromatic carbocycles. The number of hydrogen-bond donors (Lipinski definition) is 2. The second-order valence-electron chi connectivity index (χ2n) is 4.71. The van der Waals surface area contributed by atoms with Crippen molar-refractivity contribution in [1.82, 2.24) is 9.88 Å². The summed E-state index contributed by atoms with van der Waals surface area (Å²) in [4.78, 5) is 12.1. The lowest BCUT2D eigenvalue weighted by atomic mass is 9.84. The topological polar surface area (TPSA) is 60.0 Å². The number of pyridine rings is 1. The molecule has 0 saturated carbocycles. The molecule has 3 rings (SSSR count). The molecule has 1 fully saturated rings. The highest BCUT2D eigenvalue weighted by molar-refractivity contribution is 9.10. The Morgan fingerprint density at radius 3 is 3.12 bits per heavy atom. The van der Waals surface area contributed by atoms with Gasteiger partial charge < -0.3 is 15.6 Å². The highest BCUT2D eigenvalue weighted by Gasteiger charge is 2.31. The van der Waals surface area contributed by atoms with Gasteiger partial charge in [-0.2, -0.15) is 0 Å². The second-order valence-corrected chi connectivity index (χ2v) is 5.50. The van der Waals surface area contributed by atoms with E-state index >= 15 is 0 Å². The van der Waals surface area contributed by atoms with Crippen LogP contribution in [0.15, 0.2) is 15.3 Å². The highest BCUT2D eigenvalue weighted by Crippen LogP contribution is 2.33. The van der Waals surface area contributed by atoms with Crippen LogP contribution in [0.25, 0.3) is 0 Å². The number of piperidine rings is 1. The minimum atomic E-state index is 0.0200. The Morgan fingerprint density at radius 2 is 2.31 bits per heavy atom. The van der Waals surface area contributed by atoms with Crippen LogP contribution in [0.4, 0.5) is 5.69 Å². The van der Waals surface area contributed by atoms with Crippen molar-refractivity contribution in [2.24, 2.45) is 5.92 Å². The molecule has 0 aliphatic carbocycles. The fraction of sp³-hybridized carbons (Fsp3) is 0.545. The molecule has 0 spiro atoms. The summed E-state index contributed by atoms with van der Waals surface area (Å²) in [7, 11) is 0. The fourth-order valence-electron chi connectivity index (χ4n) is 2.84. The minimum absolute atomic E-state index is 0.0200. The molecule has 4 nitrogen and oxygen atoms in total. The predicted molar refractivity (Wildman–Crippen MR) is 66.5 cm³/mol. The van der Waals surface area contributed by atoms with Crippen LogP contribution < -0.4 is 16.6 Å². The molecule has 1 aromatic rings. The normalized spacial score (nSPS) is 27.6. The van der Waals surface area contributed by atoms with Crippen molar-refractivity contribution in [3.8, 4) is 0 Å². The summed E-state index contributed by atoms with van der Waals surface area (Å²) in [5, 5.41) is 3.41. The summed E-state index contributed by atoms with van der Waals surface area (Å²) in [5.41, 5.74) is 7.50. The van der Waals surface area contributed by atoms with Gasteiger partial charge in [-0.1, -0.05) is 0 Å². The van der Waals surface area contributed by atoms with Crippen LogP contribution in [-0.2, 0) is 6.54 Å². The van der Waals surface area contributed by atoms with E-state index in [1.54, 1.807) is 0 Å². The van der Waals surface area contributed by atoms with Crippen LogP contribution in [0.3, 0.4) is 0 Å². The molecule has 5 heteroatoms. The maximum absolute atomic E-state index is 12.1. The van der Waals surface area contributed by atoms with Gasteiger partial charge in [-0.25, -0.2) is 0 Å². The SMILES string of the molecule is Nc1cc2n(c(=O)c1Br)CC1CNC[C@@H]2C1. The Labute approximate surface area is 102 Å². The zero-order valence-corrected chi connectivity index (χ0v) is 10.5. The summed E-state index contributed by atoms with van der Waals surface area (Å²) in [6.45, 7) is 2.79. The standard InChI is InChI=1S/C11H14BrN3O/c12-10-8(13)2-9-7-1-6(3-14-4-7)5-15(9)11(10)16/h2,6-7,14H,1,3-5,13H2/t6?,7-/m0/s1. The predicted octanol–water partition coefficient (Wildman–Crippen LogP) is 0.900. The van der Waals surface area contributed by atoms with Gasteiger partial charge in [-0.3, -0.25) is 4.79 Å². The first-order valence-corrected chi connectivity index (χ1v) is 6.35. The molecule has 2 bridgehead atoms. The summed E-state index contributed by atoms with van der Waals surface area (Å²) in [5.74, 6) is 1.02. The quantitative estimate of drug-likeness (QED) is 0.744. The number of hydrogen-bond acceptors (Lipinski definition) is 3. The number of nitrogens with one attached hydrogen (secondary N) is 1. The average molecular weight is 284 g/mol. The van der Waals surface area contributed by atoms with E-state index in [2.05, 4.69) is 21.2 Å². The molecule has 0 amide bonds. The molecule has 2 aliphatic rings. The lowest BCUT2D eigenvalue weighted by Crippen LogP contribution is -2.45. The first-order chi connectivity index (χ1) is 7.66. The molecule has 1 unspecified atom stereocenters. The molecule has 3 heterocycles. The molecular weight excluding hydrogens is 270 g/mol. The van der Waals surface area contributed by atoms with E-state index < -0.39 is 0 Å². The second kappa shape index (κ2) is 3.60. The maximum Gasteiger partial charge on any atom is 0.267 e. The Hall–Kier alpha value is -0.810. The number of halogens is 1. The van der Waals surface area contributed by atoms with Gasteiger partial charge in [0.1, 0.15) is 4.47 Å². The zero-order valence-electron chi connectivity index (χ0n) is 8.87. The van der Waals surface area contributed by atoms with Crippen LogP contribution >= 0.6 is 15.9 Å². The molecule has 1 aromatic heterocycles. The van der Waals surface area contributed by atoms with Gasteiger partial charge in [0.2, 0.25) is 0 Å². The smallest absolute Gasteiger partial charge is 0.267 e. The van der Waals surface area contributed by atoms with Gasteiger partial charge in [0.15, 0.2) is 0 Å². The summed E-state index contributed by atoms with van der Waals surface area (Å²) in [6, 6.07) is 1.94. The first-order valence-electron chi connectivity index (χ1n) is 5.56. The number of aromatic nitrogens is 1. The van der Waals surface area contributed by atoms with Crippen molar-refractivity contribution in [3.63, 3.8) is 0 Å². The number of fused-ring (bicyclic) bond motifs is 4. The van der Waals surface area contributed by atoms with E-state index in [4.69, 9.17) is 5.73 Å². The van der Waals surface area contributed by atoms with E-state index in [0.717, 1.165) is 25.3 Å². The summed E-state index contributed by atoms with van der Waals surface area (Å²) < 4.78 is 2.39. The Kier molecular flexibility index (Phi) is 2.33. The summed E-state index contributed by atoms with van der Waals surface area (Å²) in [6.07, 6.45) is 1.17. The summed E-state index contributed by atoms with van der Waals surface area (Å²) >= 11 is 3.26. The fourth-order valence-corrected chi connectivity index (χ4v) is 3.17. The molecule has 1 saturated heterocycles. The van der Waals surface area contributed by atoms with E-state index in [9.17, 15) is 4.79 Å². The van der Waals surface area contributed by atoms with Crippen molar-refractivity contribution >= 4 is 21.6 Å². The molecule has 0 radical (unpaired) electrons. The Balaban J connectivity index is 2.20. The first kappa shape index (κ1) is 10.4. The molecule has 16 heavy (non-hydrogen) atoms.